The first kappa shape index (κ1) is 19.4. The van der Waals surface area contributed by atoms with Gasteiger partial charge in [-0.05, 0) is 39.5 Å². The molecule has 1 aliphatic carbocycles. The smallest absolute Gasteiger partial charge is 0.220 e. The number of rotatable bonds is 6. The zero-order valence-corrected chi connectivity index (χ0v) is 16.4. The zero-order valence-electron chi connectivity index (χ0n) is 15.6. The third kappa shape index (κ3) is 6.54. The van der Waals surface area contributed by atoms with Crippen LogP contribution >= 0.6 is 11.8 Å². The van der Waals surface area contributed by atoms with E-state index >= 15 is 0 Å². The number of nitrogens with one attached hydrogen (secondary N) is 2. The van der Waals surface area contributed by atoms with E-state index in [1.807, 2.05) is 11.8 Å². The molecule has 138 valence electrons. The molecule has 0 unspecified atom stereocenters. The second-order valence-corrected chi connectivity index (χ2v) is 9.27. The second-order valence-electron chi connectivity index (χ2n) is 7.47. The summed E-state index contributed by atoms with van der Waals surface area (Å²) in [5.41, 5.74) is 0. The van der Waals surface area contributed by atoms with Crippen LogP contribution in [0, 0.1) is 5.92 Å². The number of amides is 1. The fourth-order valence-electron chi connectivity index (χ4n) is 3.53. The van der Waals surface area contributed by atoms with E-state index in [1.54, 1.807) is 0 Å². The van der Waals surface area contributed by atoms with Gasteiger partial charge in [0.15, 0.2) is 5.96 Å². The van der Waals surface area contributed by atoms with Crippen LogP contribution in [0.15, 0.2) is 4.99 Å². The summed E-state index contributed by atoms with van der Waals surface area (Å²) in [6.45, 7) is 10.9. The molecule has 0 bridgehead atoms. The highest BCUT2D eigenvalue weighted by molar-refractivity contribution is 8.00. The molecule has 5 nitrogen and oxygen atoms in total. The van der Waals surface area contributed by atoms with Crippen molar-refractivity contribution < 1.29 is 4.79 Å². The van der Waals surface area contributed by atoms with Crippen molar-refractivity contribution in [3.05, 3.63) is 0 Å². The summed E-state index contributed by atoms with van der Waals surface area (Å²) in [7, 11) is 0. The molecule has 24 heavy (non-hydrogen) atoms. The van der Waals surface area contributed by atoms with Crippen LogP contribution in [0.25, 0.3) is 0 Å². The number of aliphatic imine (C=N–C) groups is 1. The molecule has 1 aliphatic heterocycles. The van der Waals surface area contributed by atoms with E-state index in [0.29, 0.717) is 25.4 Å². The quantitative estimate of drug-likeness (QED) is 0.437. The van der Waals surface area contributed by atoms with E-state index in [2.05, 4.69) is 36.3 Å². The van der Waals surface area contributed by atoms with Crippen LogP contribution in [0.4, 0.5) is 0 Å². The van der Waals surface area contributed by atoms with Crippen molar-refractivity contribution >= 4 is 23.6 Å². The lowest BCUT2D eigenvalue weighted by molar-refractivity contribution is -0.121. The Labute approximate surface area is 151 Å². The maximum atomic E-state index is 12.0. The number of hydrogen-bond acceptors (Lipinski definition) is 3. The summed E-state index contributed by atoms with van der Waals surface area (Å²) < 4.78 is 0.268. The summed E-state index contributed by atoms with van der Waals surface area (Å²) in [5.74, 6) is 2.92. The van der Waals surface area contributed by atoms with Gasteiger partial charge in [-0.2, -0.15) is 11.8 Å². The SMILES string of the molecule is CCNC(=NCCNC(=O)CC1CCCC1)N1CCSC(C)(C)C1. The molecule has 1 heterocycles. The molecule has 1 saturated carbocycles. The van der Waals surface area contributed by atoms with Crippen LogP contribution in [-0.2, 0) is 4.79 Å². The second kappa shape index (κ2) is 9.54. The first-order chi connectivity index (χ1) is 11.5. The minimum atomic E-state index is 0.192. The van der Waals surface area contributed by atoms with Gasteiger partial charge >= 0.3 is 0 Å². The average molecular weight is 355 g/mol. The maximum Gasteiger partial charge on any atom is 0.220 e. The summed E-state index contributed by atoms with van der Waals surface area (Å²) in [6, 6.07) is 0. The van der Waals surface area contributed by atoms with Crippen LogP contribution in [0.2, 0.25) is 0 Å². The molecule has 0 atom stereocenters. The van der Waals surface area contributed by atoms with Gasteiger partial charge in [-0.1, -0.05) is 12.8 Å². The molecule has 0 aromatic rings. The Morgan fingerprint density at radius 2 is 2.04 bits per heavy atom. The Hall–Kier alpha value is -0.910. The Balaban J connectivity index is 1.75. The molecule has 2 fully saturated rings. The van der Waals surface area contributed by atoms with E-state index in [0.717, 1.165) is 31.3 Å². The maximum absolute atomic E-state index is 12.0. The number of hydrogen-bond donors (Lipinski definition) is 2. The van der Waals surface area contributed by atoms with Crippen molar-refractivity contribution in [1.82, 2.24) is 15.5 Å². The summed E-state index contributed by atoms with van der Waals surface area (Å²) in [4.78, 5) is 19.0. The van der Waals surface area contributed by atoms with Crippen molar-refractivity contribution in [1.29, 1.82) is 0 Å². The van der Waals surface area contributed by atoms with E-state index in [-0.39, 0.29) is 10.7 Å². The molecule has 0 spiro atoms. The Morgan fingerprint density at radius 3 is 2.71 bits per heavy atom. The third-order valence-corrected chi connectivity index (χ3v) is 6.00. The molecule has 0 aromatic heterocycles. The van der Waals surface area contributed by atoms with Gasteiger partial charge in [-0.15, -0.1) is 0 Å². The lowest BCUT2D eigenvalue weighted by Crippen LogP contribution is -2.51. The fourth-order valence-corrected chi connectivity index (χ4v) is 4.64. The number of carbonyl (C=O) groups excluding carboxylic acids is 1. The number of guanidine groups is 1. The highest BCUT2D eigenvalue weighted by Gasteiger charge is 2.28. The van der Waals surface area contributed by atoms with Crippen molar-refractivity contribution in [2.45, 2.75) is 57.6 Å². The van der Waals surface area contributed by atoms with Crippen LogP contribution in [0.1, 0.15) is 52.9 Å². The fraction of sp³-hybridized carbons (Fsp3) is 0.889. The number of nitrogens with zero attached hydrogens (tertiary/aromatic N) is 2. The van der Waals surface area contributed by atoms with E-state index in [4.69, 9.17) is 4.99 Å². The summed E-state index contributed by atoms with van der Waals surface area (Å²) in [5, 5.41) is 6.42. The summed E-state index contributed by atoms with van der Waals surface area (Å²) in [6.07, 6.45) is 5.72. The molecule has 2 aliphatic rings. The molecule has 1 amide bonds. The molecule has 2 rings (SSSR count). The average Bonchev–Trinajstić information content (AvgIpc) is 3.02. The largest absolute Gasteiger partial charge is 0.357 e. The zero-order chi connectivity index (χ0) is 17.4. The molecule has 0 aromatic carbocycles. The molecular weight excluding hydrogens is 320 g/mol. The van der Waals surface area contributed by atoms with Gasteiger partial charge in [0, 0.05) is 43.1 Å². The van der Waals surface area contributed by atoms with Gasteiger partial charge in [0.25, 0.3) is 0 Å². The van der Waals surface area contributed by atoms with Gasteiger partial charge in [0.2, 0.25) is 5.91 Å². The number of thioether (sulfide) groups is 1. The summed E-state index contributed by atoms with van der Waals surface area (Å²) >= 11 is 2.03. The minimum Gasteiger partial charge on any atom is -0.357 e. The Bertz CT molecular complexity index is 433. The molecular formula is C18H34N4OS. The molecule has 6 heteroatoms. The van der Waals surface area contributed by atoms with Crippen LogP contribution in [0.3, 0.4) is 0 Å². The normalized spacial score (nSPS) is 21.8. The predicted octanol–water partition coefficient (Wildman–Crippen LogP) is 2.48. The van der Waals surface area contributed by atoms with E-state index in [1.165, 1.54) is 25.7 Å². The highest BCUT2D eigenvalue weighted by Crippen LogP contribution is 2.29. The topological polar surface area (TPSA) is 56.7 Å². The van der Waals surface area contributed by atoms with Gasteiger partial charge in [-0.3, -0.25) is 9.79 Å². The molecule has 1 saturated heterocycles. The first-order valence-electron chi connectivity index (χ1n) is 9.44. The van der Waals surface area contributed by atoms with Crippen LogP contribution in [-0.4, -0.2) is 60.0 Å². The highest BCUT2D eigenvalue weighted by atomic mass is 32.2. The third-order valence-electron chi connectivity index (χ3n) is 4.70. The van der Waals surface area contributed by atoms with Gasteiger partial charge in [0.1, 0.15) is 0 Å². The van der Waals surface area contributed by atoms with Crippen LogP contribution < -0.4 is 10.6 Å². The Kier molecular flexibility index (Phi) is 7.72. The number of carbonyl (C=O) groups is 1. The minimum absolute atomic E-state index is 0.192. The van der Waals surface area contributed by atoms with Crippen molar-refractivity contribution in [3.8, 4) is 0 Å². The van der Waals surface area contributed by atoms with E-state index in [9.17, 15) is 4.79 Å². The molecule has 2 N–H and O–H groups in total. The van der Waals surface area contributed by atoms with Crippen LogP contribution in [0.5, 0.6) is 0 Å². The van der Waals surface area contributed by atoms with Gasteiger partial charge < -0.3 is 15.5 Å². The van der Waals surface area contributed by atoms with Gasteiger partial charge in [-0.25, -0.2) is 0 Å². The van der Waals surface area contributed by atoms with Crippen molar-refractivity contribution in [3.63, 3.8) is 0 Å². The molecule has 0 radical (unpaired) electrons. The van der Waals surface area contributed by atoms with Crippen molar-refractivity contribution in [2.24, 2.45) is 10.9 Å². The monoisotopic (exact) mass is 354 g/mol. The van der Waals surface area contributed by atoms with E-state index < -0.39 is 0 Å². The lowest BCUT2D eigenvalue weighted by atomic mass is 10.0. The standard InChI is InChI=1S/C18H34N4OS/c1-4-19-17(22-11-12-24-18(2,3)14-22)21-10-9-20-16(23)13-15-7-5-6-8-15/h15H,4-14H2,1-3H3,(H,19,21)(H,20,23). The Morgan fingerprint density at radius 1 is 1.29 bits per heavy atom. The first-order valence-corrected chi connectivity index (χ1v) is 10.4. The predicted molar refractivity (Wildman–Crippen MR) is 104 cm³/mol. The van der Waals surface area contributed by atoms with Gasteiger partial charge in [0.05, 0.1) is 6.54 Å². The lowest BCUT2D eigenvalue weighted by Gasteiger charge is -2.39. The van der Waals surface area contributed by atoms with Crippen molar-refractivity contribution in [2.75, 3.05) is 38.5 Å².